The molecule has 0 spiro atoms. The summed E-state index contributed by atoms with van der Waals surface area (Å²) in [7, 11) is 0. The van der Waals surface area contributed by atoms with Gasteiger partial charge in [0.2, 0.25) is 5.91 Å². The van der Waals surface area contributed by atoms with Crippen LogP contribution in [0.25, 0.3) is 0 Å². The van der Waals surface area contributed by atoms with Crippen LogP contribution in [0.3, 0.4) is 0 Å². The van der Waals surface area contributed by atoms with Crippen molar-refractivity contribution in [2.45, 2.75) is 32.7 Å². The molecular formula is C17H24N6O2. The van der Waals surface area contributed by atoms with Gasteiger partial charge in [0.25, 0.3) is 5.56 Å². The van der Waals surface area contributed by atoms with Gasteiger partial charge in [-0.25, -0.2) is 9.97 Å². The molecule has 8 heteroatoms. The number of imidazole rings is 1. The van der Waals surface area contributed by atoms with Crippen molar-refractivity contribution in [1.82, 2.24) is 24.4 Å². The van der Waals surface area contributed by atoms with Crippen molar-refractivity contribution >= 4 is 11.7 Å². The highest BCUT2D eigenvalue weighted by Gasteiger charge is 2.28. The topological polar surface area (TPSA) is 87.1 Å². The molecule has 3 rings (SSSR count). The Kier molecular flexibility index (Phi) is 4.87. The molecule has 0 bridgehead atoms. The van der Waals surface area contributed by atoms with Crippen LogP contribution < -0.4 is 10.5 Å². The Labute approximate surface area is 146 Å². The predicted octanol–water partition coefficient (Wildman–Crippen LogP) is 1.000. The van der Waals surface area contributed by atoms with Crippen molar-refractivity contribution in [2.75, 3.05) is 31.1 Å². The number of amides is 1. The van der Waals surface area contributed by atoms with E-state index >= 15 is 0 Å². The summed E-state index contributed by atoms with van der Waals surface area (Å²) in [6.07, 6.45) is 6.69. The van der Waals surface area contributed by atoms with Gasteiger partial charge in [0.15, 0.2) is 5.82 Å². The summed E-state index contributed by atoms with van der Waals surface area (Å²) in [6, 6.07) is -0.287. The average Bonchev–Trinajstić information content (AvgIpc) is 3.11. The van der Waals surface area contributed by atoms with Crippen LogP contribution in [-0.4, -0.2) is 56.5 Å². The van der Waals surface area contributed by atoms with Gasteiger partial charge in [0.1, 0.15) is 11.9 Å². The highest BCUT2D eigenvalue weighted by molar-refractivity contribution is 5.80. The minimum absolute atomic E-state index is 0.0782. The molecule has 1 aliphatic heterocycles. The van der Waals surface area contributed by atoms with Crippen LogP contribution >= 0.6 is 0 Å². The fourth-order valence-corrected chi connectivity index (χ4v) is 3.19. The van der Waals surface area contributed by atoms with Crippen LogP contribution in [0.2, 0.25) is 0 Å². The molecule has 1 atom stereocenters. The smallest absolute Gasteiger partial charge is 0.290 e. The molecule has 2 aromatic heterocycles. The number of rotatable bonds is 4. The summed E-state index contributed by atoms with van der Waals surface area (Å²) in [4.78, 5) is 39.6. The standard InChI is InChI=1S/C17H24N6O2/c1-12(2)14-19-6-7-23(14)13(3)17(25)22-10-8-21(9-11-22)15-16(24)20-5-4-18-15/h4-7,12-13H,8-11H2,1-3H3,(H,20,24)/t13-/m0/s1. The van der Waals surface area contributed by atoms with Crippen molar-refractivity contribution in [2.24, 2.45) is 0 Å². The summed E-state index contributed by atoms with van der Waals surface area (Å²) in [5.74, 6) is 1.67. The second-order valence-electron chi connectivity index (χ2n) is 6.58. The second-order valence-corrected chi connectivity index (χ2v) is 6.58. The van der Waals surface area contributed by atoms with E-state index in [-0.39, 0.29) is 23.4 Å². The zero-order chi connectivity index (χ0) is 18.0. The largest absolute Gasteiger partial charge is 0.348 e. The van der Waals surface area contributed by atoms with Gasteiger partial charge in [-0.2, -0.15) is 0 Å². The molecule has 0 radical (unpaired) electrons. The molecule has 8 nitrogen and oxygen atoms in total. The fourth-order valence-electron chi connectivity index (χ4n) is 3.19. The van der Waals surface area contributed by atoms with Crippen LogP contribution in [-0.2, 0) is 4.79 Å². The summed E-state index contributed by atoms with van der Waals surface area (Å²) >= 11 is 0. The number of hydrogen-bond donors (Lipinski definition) is 1. The Morgan fingerprint density at radius 3 is 2.48 bits per heavy atom. The number of carbonyl (C=O) groups excluding carboxylic acids is 1. The van der Waals surface area contributed by atoms with Crippen LogP contribution in [0.15, 0.2) is 29.6 Å². The molecular weight excluding hydrogens is 320 g/mol. The number of piperazine rings is 1. The first-order valence-corrected chi connectivity index (χ1v) is 8.59. The normalized spacial score (nSPS) is 16.3. The number of hydrogen-bond acceptors (Lipinski definition) is 5. The molecule has 0 aromatic carbocycles. The predicted molar refractivity (Wildman–Crippen MR) is 94.7 cm³/mol. The molecule has 1 N–H and O–H groups in total. The number of anilines is 1. The lowest BCUT2D eigenvalue weighted by Gasteiger charge is -2.36. The third kappa shape index (κ3) is 3.42. The first kappa shape index (κ1) is 17.2. The maximum Gasteiger partial charge on any atom is 0.290 e. The molecule has 0 unspecified atom stereocenters. The lowest BCUT2D eigenvalue weighted by atomic mass is 10.2. The second kappa shape index (κ2) is 7.08. The van der Waals surface area contributed by atoms with E-state index in [9.17, 15) is 9.59 Å². The van der Waals surface area contributed by atoms with Crippen LogP contribution in [0.5, 0.6) is 0 Å². The van der Waals surface area contributed by atoms with Crippen LogP contribution in [0, 0.1) is 0 Å². The summed E-state index contributed by atoms with van der Waals surface area (Å²) < 4.78 is 1.95. The van der Waals surface area contributed by atoms with Gasteiger partial charge in [-0.15, -0.1) is 0 Å². The van der Waals surface area contributed by atoms with E-state index in [4.69, 9.17) is 0 Å². The number of aromatic nitrogens is 4. The first-order valence-electron chi connectivity index (χ1n) is 8.59. The van der Waals surface area contributed by atoms with Crippen molar-refractivity contribution in [3.63, 3.8) is 0 Å². The van der Waals surface area contributed by atoms with E-state index in [1.54, 1.807) is 12.4 Å². The molecule has 2 aromatic rings. The third-order valence-corrected chi connectivity index (χ3v) is 4.57. The van der Waals surface area contributed by atoms with Crippen LogP contribution in [0.1, 0.15) is 38.6 Å². The quantitative estimate of drug-likeness (QED) is 0.894. The van der Waals surface area contributed by atoms with Gasteiger partial charge in [0.05, 0.1) is 0 Å². The summed E-state index contributed by atoms with van der Waals surface area (Å²) in [5, 5.41) is 0. The molecule has 3 heterocycles. The maximum atomic E-state index is 12.9. The van der Waals surface area contributed by atoms with Crippen molar-refractivity contribution < 1.29 is 4.79 Å². The van der Waals surface area contributed by atoms with E-state index in [0.717, 1.165) is 5.82 Å². The molecule has 1 amide bonds. The molecule has 25 heavy (non-hydrogen) atoms. The third-order valence-electron chi connectivity index (χ3n) is 4.57. The Balaban J connectivity index is 1.66. The Hall–Kier alpha value is -2.64. The van der Waals surface area contributed by atoms with Crippen molar-refractivity contribution in [1.29, 1.82) is 0 Å². The zero-order valence-corrected chi connectivity index (χ0v) is 14.8. The van der Waals surface area contributed by atoms with E-state index in [1.807, 2.05) is 27.5 Å². The van der Waals surface area contributed by atoms with Crippen molar-refractivity contribution in [3.8, 4) is 0 Å². The van der Waals surface area contributed by atoms with Gasteiger partial charge < -0.3 is 19.4 Å². The van der Waals surface area contributed by atoms with Gasteiger partial charge in [-0.3, -0.25) is 9.59 Å². The summed E-state index contributed by atoms with van der Waals surface area (Å²) in [6.45, 7) is 8.39. The van der Waals surface area contributed by atoms with Crippen LogP contribution in [0.4, 0.5) is 5.82 Å². The van der Waals surface area contributed by atoms with Gasteiger partial charge in [-0.05, 0) is 6.92 Å². The molecule has 1 fully saturated rings. The molecule has 0 saturated carbocycles. The highest BCUT2D eigenvalue weighted by atomic mass is 16.2. The lowest BCUT2D eigenvalue weighted by molar-refractivity contribution is -0.134. The zero-order valence-electron chi connectivity index (χ0n) is 14.8. The number of aromatic amines is 1. The summed E-state index contributed by atoms with van der Waals surface area (Å²) in [5.41, 5.74) is -0.198. The Bertz CT molecular complexity index is 788. The van der Waals surface area contributed by atoms with Gasteiger partial charge >= 0.3 is 0 Å². The minimum Gasteiger partial charge on any atom is -0.348 e. The van der Waals surface area contributed by atoms with E-state index in [0.29, 0.717) is 32.0 Å². The minimum atomic E-state index is -0.287. The van der Waals surface area contributed by atoms with E-state index < -0.39 is 0 Å². The molecule has 0 aliphatic carbocycles. The SMILES string of the molecule is CC(C)c1nccn1[C@@H](C)C(=O)N1CCN(c2ncc[nH]c2=O)CC1. The number of nitrogens with zero attached hydrogens (tertiary/aromatic N) is 5. The monoisotopic (exact) mass is 344 g/mol. The fraction of sp³-hybridized carbons (Fsp3) is 0.529. The van der Waals surface area contributed by atoms with E-state index in [1.165, 1.54) is 6.20 Å². The molecule has 1 aliphatic rings. The maximum absolute atomic E-state index is 12.9. The number of carbonyl (C=O) groups is 1. The highest BCUT2D eigenvalue weighted by Crippen LogP contribution is 2.20. The van der Waals surface area contributed by atoms with Crippen molar-refractivity contribution in [3.05, 3.63) is 41.0 Å². The van der Waals surface area contributed by atoms with Gasteiger partial charge in [0, 0.05) is 56.9 Å². The van der Waals surface area contributed by atoms with E-state index in [2.05, 4.69) is 28.8 Å². The number of nitrogens with one attached hydrogen (secondary N) is 1. The van der Waals surface area contributed by atoms with Gasteiger partial charge in [-0.1, -0.05) is 13.8 Å². The lowest BCUT2D eigenvalue weighted by Crippen LogP contribution is -2.51. The Morgan fingerprint density at radius 1 is 1.12 bits per heavy atom. The number of H-pyrrole nitrogens is 1. The Morgan fingerprint density at radius 2 is 1.84 bits per heavy atom. The first-order chi connectivity index (χ1) is 12.0. The average molecular weight is 344 g/mol. The molecule has 1 saturated heterocycles. The molecule has 134 valence electrons.